The molecule has 3 nitrogen and oxygen atoms in total. The number of carbonyl (C=O) groups is 1. The highest BCUT2D eigenvalue weighted by Crippen LogP contribution is 2.11. The van der Waals surface area contributed by atoms with Gasteiger partial charge in [-0.3, -0.25) is 4.79 Å². The summed E-state index contributed by atoms with van der Waals surface area (Å²) in [5.74, 6) is -0.485. The first-order chi connectivity index (χ1) is 9.04. The number of carbonyl (C=O) groups excluding carboxylic acids is 1. The molecule has 0 atom stereocenters. The van der Waals surface area contributed by atoms with Crippen LogP contribution in [0.2, 0.25) is 0 Å². The fraction of sp³-hybridized carbons (Fsp3) is 0.133. The Labute approximate surface area is 111 Å². The van der Waals surface area contributed by atoms with Gasteiger partial charge < -0.3 is 11.1 Å². The number of benzene rings is 2. The van der Waals surface area contributed by atoms with Crippen LogP contribution in [-0.4, -0.2) is 5.91 Å². The van der Waals surface area contributed by atoms with E-state index in [0.29, 0.717) is 17.8 Å². The summed E-state index contributed by atoms with van der Waals surface area (Å²) in [7, 11) is 0. The maximum atomic E-state index is 12.7. The Balaban J connectivity index is 2.03. The average Bonchev–Trinajstić information content (AvgIpc) is 2.36. The Bertz CT molecular complexity index is 573. The molecule has 0 saturated heterocycles. The van der Waals surface area contributed by atoms with E-state index >= 15 is 0 Å². The van der Waals surface area contributed by atoms with Crippen molar-refractivity contribution in [2.75, 3.05) is 5.73 Å². The van der Waals surface area contributed by atoms with E-state index in [0.717, 1.165) is 11.1 Å². The van der Waals surface area contributed by atoms with E-state index in [4.69, 9.17) is 5.73 Å². The van der Waals surface area contributed by atoms with Crippen LogP contribution in [0.25, 0.3) is 0 Å². The normalized spacial score (nSPS) is 10.2. The molecule has 0 aromatic heterocycles. The summed E-state index contributed by atoms with van der Waals surface area (Å²) in [4.78, 5) is 11.9. The molecule has 0 aliphatic carbocycles. The van der Waals surface area contributed by atoms with Gasteiger partial charge >= 0.3 is 0 Å². The number of amides is 1. The predicted octanol–water partition coefficient (Wildman–Crippen LogP) is 2.65. The molecule has 2 rings (SSSR count). The molecule has 3 N–H and O–H groups in total. The van der Waals surface area contributed by atoms with Crippen molar-refractivity contribution >= 4 is 11.6 Å². The summed E-state index contributed by atoms with van der Waals surface area (Å²) in [6.45, 7) is 2.24. The third-order valence-corrected chi connectivity index (χ3v) is 2.73. The van der Waals surface area contributed by atoms with Crippen LogP contribution >= 0.6 is 0 Å². The first-order valence-electron chi connectivity index (χ1n) is 5.94. The van der Waals surface area contributed by atoms with Crippen molar-refractivity contribution in [1.29, 1.82) is 0 Å². The molecule has 0 saturated carbocycles. The van der Waals surface area contributed by atoms with Crippen molar-refractivity contribution in [3.05, 3.63) is 65.0 Å². The van der Waals surface area contributed by atoms with Crippen LogP contribution in [0.15, 0.2) is 42.5 Å². The molecule has 2 aromatic rings. The van der Waals surface area contributed by atoms with Gasteiger partial charge in [-0.2, -0.15) is 0 Å². The number of rotatable bonds is 3. The number of hydrogen-bond donors (Lipinski definition) is 2. The highest BCUT2D eigenvalue weighted by atomic mass is 19.1. The standard InChI is InChI=1S/C15H15FN2O/c1-10-6-12(8-14(17)7-10)15(19)18-9-11-2-4-13(16)5-3-11/h2-8H,9,17H2,1H3,(H,18,19). The van der Waals surface area contributed by atoms with E-state index in [1.54, 1.807) is 30.3 Å². The second kappa shape index (κ2) is 5.52. The Morgan fingerprint density at radius 2 is 1.89 bits per heavy atom. The summed E-state index contributed by atoms with van der Waals surface area (Å²) in [5.41, 5.74) is 8.57. The van der Waals surface area contributed by atoms with Gasteiger partial charge in [0.1, 0.15) is 5.82 Å². The third-order valence-electron chi connectivity index (χ3n) is 2.73. The lowest BCUT2D eigenvalue weighted by atomic mass is 10.1. The van der Waals surface area contributed by atoms with Crippen LogP contribution in [0.4, 0.5) is 10.1 Å². The molecule has 4 heteroatoms. The van der Waals surface area contributed by atoms with Gasteiger partial charge in [-0.05, 0) is 48.4 Å². The predicted molar refractivity (Wildman–Crippen MR) is 73.2 cm³/mol. The van der Waals surface area contributed by atoms with Crippen molar-refractivity contribution in [2.24, 2.45) is 0 Å². The van der Waals surface area contributed by atoms with E-state index < -0.39 is 0 Å². The molecule has 1 amide bonds. The Morgan fingerprint density at radius 3 is 2.53 bits per heavy atom. The van der Waals surface area contributed by atoms with Gasteiger partial charge in [0.2, 0.25) is 0 Å². The molecular formula is C15H15FN2O. The van der Waals surface area contributed by atoms with E-state index in [-0.39, 0.29) is 11.7 Å². The molecule has 0 spiro atoms. The highest BCUT2D eigenvalue weighted by Gasteiger charge is 2.06. The first kappa shape index (κ1) is 13.1. The molecule has 0 heterocycles. The average molecular weight is 258 g/mol. The number of aryl methyl sites for hydroxylation is 1. The van der Waals surface area contributed by atoms with E-state index in [9.17, 15) is 9.18 Å². The van der Waals surface area contributed by atoms with Crippen molar-refractivity contribution in [1.82, 2.24) is 5.32 Å². The Hall–Kier alpha value is -2.36. The summed E-state index contributed by atoms with van der Waals surface area (Å²) in [5, 5.41) is 2.77. The van der Waals surface area contributed by atoms with Crippen molar-refractivity contribution in [3.8, 4) is 0 Å². The zero-order chi connectivity index (χ0) is 13.8. The second-order valence-corrected chi connectivity index (χ2v) is 4.44. The number of nitrogen functional groups attached to an aromatic ring is 1. The van der Waals surface area contributed by atoms with Gasteiger partial charge in [-0.1, -0.05) is 12.1 Å². The van der Waals surface area contributed by atoms with Gasteiger partial charge in [0.15, 0.2) is 0 Å². The quantitative estimate of drug-likeness (QED) is 0.831. The zero-order valence-electron chi connectivity index (χ0n) is 10.6. The minimum atomic E-state index is -0.290. The maximum absolute atomic E-state index is 12.7. The molecule has 0 fully saturated rings. The minimum Gasteiger partial charge on any atom is -0.399 e. The second-order valence-electron chi connectivity index (χ2n) is 4.44. The maximum Gasteiger partial charge on any atom is 0.251 e. The fourth-order valence-corrected chi connectivity index (χ4v) is 1.83. The monoisotopic (exact) mass is 258 g/mol. The van der Waals surface area contributed by atoms with Gasteiger partial charge in [0.05, 0.1) is 0 Å². The number of hydrogen-bond acceptors (Lipinski definition) is 2. The smallest absolute Gasteiger partial charge is 0.251 e. The molecule has 19 heavy (non-hydrogen) atoms. The van der Waals surface area contributed by atoms with E-state index in [1.807, 2.05) is 6.92 Å². The van der Waals surface area contributed by atoms with Crippen LogP contribution < -0.4 is 11.1 Å². The van der Waals surface area contributed by atoms with Gasteiger partial charge in [-0.15, -0.1) is 0 Å². The van der Waals surface area contributed by atoms with Gasteiger partial charge in [0.25, 0.3) is 5.91 Å². The summed E-state index contributed by atoms with van der Waals surface area (Å²) in [6, 6.07) is 11.2. The molecule has 0 aliphatic rings. The largest absolute Gasteiger partial charge is 0.399 e. The van der Waals surface area contributed by atoms with Crippen LogP contribution in [0, 0.1) is 12.7 Å². The van der Waals surface area contributed by atoms with Gasteiger partial charge in [0, 0.05) is 17.8 Å². The third kappa shape index (κ3) is 3.55. The number of halogens is 1. The molecule has 0 bridgehead atoms. The Kier molecular flexibility index (Phi) is 3.80. The van der Waals surface area contributed by atoms with Crippen LogP contribution in [-0.2, 0) is 6.54 Å². The number of nitrogens with one attached hydrogen (secondary N) is 1. The molecule has 0 aliphatic heterocycles. The summed E-state index contributed by atoms with van der Waals surface area (Å²) >= 11 is 0. The lowest BCUT2D eigenvalue weighted by Crippen LogP contribution is -2.23. The molecule has 2 aromatic carbocycles. The molecule has 0 radical (unpaired) electrons. The number of nitrogens with two attached hydrogens (primary N) is 1. The Morgan fingerprint density at radius 1 is 1.21 bits per heavy atom. The molecular weight excluding hydrogens is 243 g/mol. The minimum absolute atomic E-state index is 0.195. The first-order valence-corrected chi connectivity index (χ1v) is 5.94. The highest BCUT2D eigenvalue weighted by molar-refractivity contribution is 5.95. The molecule has 0 unspecified atom stereocenters. The fourth-order valence-electron chi connectivity index (χ4n) is 1.83. The van der Waals surface area contributed by atoms with E-state index in [2.05, 4.69) is 5.32 Å². The zero-order valence-corrected chi connectivity index (χ0v) is 10.6. The topological polar surface area (TPSA) is 55.1 Å². The van der Waals surface area contributed by atoms with E-state index in [1.165, 1.54) is 12.1 Å². The van der Waals surface area contributed by atoms with Crippen LogP contribution in [0.5, 0.6) is 0 Å². The molecule has 98 valence electrons. The van der Waals surface area contributed by atoms with Crippen LogP contribution in [0.1, 0.15) is 21.5 Å². The van der Waals surface area contributed by atoms with Crippen molar-refractivity contribution in [2.45, 2.75) is 13.5 Å². The van der Waals surface area contributed by atoms with Crippen molar-refractivity contribution in [3.63, 3.8) is 0 Å². The van der Waals surface area contributed by atoms with Crippen molar-refractivity contribution < 1.29 is 9.18 Å². The summed E-state index contributed by atoms with van der Waals surface area (Å²) in [6.07, 6.45) is 0. The SMILES string of the molecule is Cc1cc(N)cc(C(=O)NCc2ccc(F)cc2)c1. The number of anilines is 1. The van der Waals surface area contributed by atoms with Gasteiger partial charge in [-0.25, -0.2) is 4.39 Å². The van der Waals surface area contributed by atoms with Crippen LogP contribution in [0.3, 0.4) is 0 Å². The lowest BCUT2D eigenvalue weighted by molar-refractivity contribution is 0.0951. The summed E-state index contributed by atoms with van der Waals surface area (Å²) < 4.78 is 12.7. The lowest BCUT2D eigenvalue weighted by Gasteiger charge is -2.07.